The summed E-state index contributed by atoms with van der Waals surface area (Å²) in [6, 6.07) is 6.11. The van der Waals surface area contributed by atoms with Gasteiger partial charge in [-0.15, -0.1) is 0 Å². The number of methoxy groups -OCH3 is 1. The van der Waals surface area contributed by atoms with Gasteiger partial charge in [-0.05, 0) is 31.0 Å². The van der Waals surface area contributed by atoms with E-state index >= 15 is 0 Å². The average Bonchev–Trinajstić information content (AvgIpc) is 2.38. The molecule has 18 heavy (non-hydrogen) atoms. The first-order valence-electron chi connectivity index (χ1n) is 5.98. The smallest absolute Gasteiger partial charge is 0.142 e. The van der Waals surface area contributed by atoms with Gasteiger partial charge in [0.2, 0.25) is 0 Å². The number of hydrogen-bond acceptors (Lipinski definition) is 3. The van der Waals surface area contributed by atoms with Gasteiger partial charge in [0.25, 0.3) is 0 Å². The van der Waals surface area contributed by atoms with E-state index in [0.29, 0.717) is 11.6 Å². The van der Waals surface area contributed by atoms with Crippen molar-refractivity contribution >= 4 is 17.3 Å². The Morgan fingerprint density at radius 1 is 1.50 bits per heavy atom. The Morgan fingerprint density at radius 3 is 2.67 bits per heavy atom. The Hall–Kier alpha value is -1.40. The van der Waals surface area contributed by atoms with E-state index in [2.05, 4.69) is 6.07 Å². The number of nitriles is 1. The highest BCUT2D eigenvalue weighted by Crippen LogP contribution is 2.33. The fourth-order valence-corrected chi connectivity index (χ4v) is 1.95. The van der Waals surface area contributed by atoms with Crippen LogP contribution in [0, 0.1) is 24.2 Å². The van der Waals surface area contributed by atoms with Crippen LogP contribution < -0.4 is 9.64 Å². The van der Waals surface area contributed by atoms with Gasteiger partial charge in [-0.3, -0.25) is 0 Å². The van der Waals surface area contributed by atoms with Crippen molar-refractivity contribution in [3.8, 4) is 11.8 Å². The van der Waals surface area contributed by atoms with Gasteiger partial charge in [0, 0.05) is 18.6 Å². The van der Waals surface area contributed by atoms with Crippen LogP contribution >= 0.6 is 11.6 Å². The molecule has 0 aliphatic heterocycles. The zero-order valence-corrected chi connectivity index (χ0v) is 12.1. The summed E-state index contributed by atoms with van der Waals surface area (Å²) >= 11 is 6.14. The van der Waals surface area contributed by atoms with Crippen molar-refractivity contribution in [1.82, 2.24) is 0 Å². The first-order valence-corrected chi connectivity index (χ1v) is 6.36. The summed E-state index contributed by atoms with van der Waals surface area (Å²) in [5.74, 6) is 0.798. The van der Waals surface area contributed by atoms with Crippen LogP contribution in [0.5, 0.6) is 5.75 Å². The molecule has 0 aliphatic rings. The SMILES string of the molecule is CCC(C#N)CN(C)c1cc(Cl)c(C)cc1OC. The van der Waals surface area contributed by atoms with E-state index in [4.69, 9.17) is 21.6 Å². The Labute approximate surface area is 114 Å². The summed E-state index contributed by atoms with van der Waals surface area (Å²) in [5, 5.41) is 9.72. The molecular weight excluding hydrogens is 248 g/mol. The number of ether oxygens (including phenoxy) is 1. The molecule has 0 bridgehead atoms. The summed E-state index contributed by atoms with van der Waals surface area (Å²) < 4.78 is 5.37. The number of halogens is 1. The average molecular weight is 267 g/mol. The lowest BCUT2D eigenvalue weighted by atomic mass is 10.1. The predicted octanol–water partition coefficient (Wildman–Crippen LogP) is 3.64. The number of rotatable bonds is 5. The molecule has 0 spiro atoms. The van der Waals surface area contributed by atoms with E-state index in [1.165, 1.54) is 0 Å². The molecule has 0 radical (unpaired) electrons. The van der Waals surface area contributed by atoms with Crippen LogP contribution in [0.3, 0.4) is 0 Å². The van der Waals surface area contributed by atoms with Gasteiger partial charge in [-0.25, -0.2) is 0 Å². The quantitative estimate of drug-likeness (QED) is 0.816. The van der Waals surface area contributed by atoms with Crippen molar-refractivity contribution < 1.29 is 4.74 Å². The second-order valence-corrected chi connectivity index (χ2v) is 4.80. The van der Waals surface area contributed by atoms with Crippen LogP contribution in [0.15, 0.2) is 12.1 Å². The Balaban J connectivity index is 3.01. The Kier molecular flexibility index (Phi) is 5.30. The Bertz CT molecular complexity index is 454. The lowest BCUT2D eigenvalue weighted by molar-refractivity contribution is 0.414. The third kappa shape index (κ3) is 3.30. The highest BCUT2D eigenvalue weighted by atomic mass is 35.5. The van der Waals surface area contributed by atoms with E-state index in [0.717, 1.165) is 23.4 Å². The normalized spacial score (nSPS) is 11.8. The third-order valence-corrected chi connectivity index (χ3v) is 3.45. The van der Waals surface area contributed by atoms with Crippen molar-refractivity contribution in [2.24, 2.45) is 5.92 Å². The summed E-state index contributed by atoms with van der Waals surface area (Å²) in [6.07, 6.45) is 0.836. The second-order valence-electron chi connectivity index (χ2n) is 4.39. The molecule has 0 saturated heterocycles. The molecule has 0 saturated carbocycles. The number of nitrogens with zero attached hydrogens (tertiary/aromatic N) is 2. The van der Waals surface area contributed by atoms with Gasteiger partial charge < -0.3 is 9.64 Å². The highest BCUT2D eigenvalue weighted by Gasteiger charge is 2.14. The van der Waals surface area contributed by atoms with Gasteiger partial charge in [-0.2, -0.15) is 5.26 Å². The molecule has 1 unspecified atom stereocenters. The molecule has 1 aromatic carbocycles. The minimum Gasteiger partial charge on any atom is -0.495 e. The highest BCUT2D eigenvalue weighted by molar-refractivity contribution is 6.31. The van der Waals surface area contributed by atoms with Crippen LogP contribution in [-0.2, 0) is 0 Å². The number of anilines is 1. The summed E-state index contributed by atoms with van der Waals surface area (Å²) in [6.45, 7) is 4.63. The third-order valence-electron chi connectivity index (χ3n) is 3.04. The maximum absolute atomic E-state index is 9.01. The number of benzene rings is 1. The van der Waals surface area contributed by atoms with Crippen molar-refractivity contribution in [2.75, 3.05) is 25.6 Å². The maximum atomic E-state index is 9.01. The first kappa shape index (κ1) is 14.7. The van der Waals surface area contributed by atoms with Gasteiger partial charge in [0.1, 0.15) is 5.75 Å². The van der Waals surface area contributed by atoms with Crippen molar-refractivity contribution in [3.63, 3.8) is 0 Å². The zero-order valence-electron chi connectivity index (χ0n) is 11.3. The summed E-state index contributed by atoms with van der Waals surface area (Å²) in [5.41, 5.74) is 1.90. The molecule has 98 valence electrons. The Morgan fingerprint density at radius 2 is 2.17 bits per heavy atom. The van der Waals surface area contributed by atoms with Crippen LogP contribution in [0.2, 0.25) is 5.02 Å². The minimum atomic E-state index is 0.0137. The van der Waals surface area contributed by atoms with Crippen molar-refractivity contribution in [1.29, 1.82) is 5.26 Å². The molecule has 0 heterocycles. The van der Waals surface area contributed by atoms with E-state index in [1.807, 2.05) is 37.9 Å². The molecule has 1 rings (SSSR count). The van der Waals surface area contributed by atoms with Gasteiger partial charge in [-0.1, -0.05) is 18.5 Å². The van der Waals surface area contributed by atoms with E-state index < -0.39 is 0 Å². The van der Waals surface area contributed by atoms with Crippen LogP contribution in [0.25, 0.3) is 0 Å². The molecular formula is C14H19ClN2O. The van der Waals surface area contributed by atoms with E-state index in [1.54, 1.807) is 7.11 Å². The molecule has 0 aromatic heterocycles. The maximum Gasteiger partial charge on any atom is 0.142 e. The van der Waals surface area contributed by atoms with Crippen LogP contribution in [0.1, 0.15) is 18.9 Å². The van der Waals surface area contributed by atoms with Gasteiger partial charge in [0.05, 0.1) is 24.8 Å². The predicted molar refractivity (Wildman–Crippen MR) is 75.4 cm³/mol. The largest absolute Gasteiger partial charge is 0.495 e. The van der Waals surface area contributed by atoms with E-state index in [9.17, 15) is 0 Å². The summed E-state index contributed by atoms with van der Waals surface area (Å²) in [7, 11) is 3.59. The van der Waals surface area contributed by atoms with Gasteiger partial charge >= 0.3 is 0 Å². The second kappa shape index (κ2) is 6.51. The zero-order chi connectivity index (χ0) is 13.7. The lowest BCUT2D eigenvalue weighted by Gasteiger charge is -2.24. The molecule has 1 aromatic rings. The minimum absolute atomic E-state index is 0.0137. The molecule has 4 heteroatoms. The topological polar surface area (TPSA) is 36.3 Å². The molecule has 0 fully saturated rings. The molecule has 3 nitrogen and oxygen atoms in total. The van der Waals surface area contributed by atoms with E-state index in [-0.39, 0.29) is 5.92 Å². The lowest BCUT2D eigenvalue weighted by Crippen LogP contribution is -2.24. The van der Waals surface area contributed by atoms with Crippen LogP contribution in [0.4, 0.5) is 5.69 Å². The van der Waals surface area contributed by atoms with Crippen molar-refractivity contribution in [3.05, 3.63) is 22.7 Å². The molecule has 0 aliphatic carbocycles. The first-order chi connectivity index (χ1) is 8.53. The molecule has 0 amide bonds. The van der Waals surface area contributed by atoms with Crippen molar-refractivity contribution in [2.45, 2.75) is 20.3 Å². The number of hydrogen-bond donors (Lipinski definition) is 0. The molecule has 1 atom stereocenters. The van der Waals surface area contributed by atoms with Gasteiger partial charge in [0.15, 0.2) is 0 Å². The molecule has 0 N–H and O–H groups in total. The summed E-state index contributed by atoms with van der Waals surface area (Å²) in [4.78, 5) is 2.02. The monoisotopic (exact) mass is 266 g/mol. The number of aryl methyl sites for hydroxylation is 1. The fraction of sp³-hybridized carbons (Fsp3) is 0.500. The standard InChI is InChI=1S/C14H19ClN2O/c1-5-11(8-16)9-17(3)13-7-12(15)10(2)6-14(13)18-4/h6-7,11H,5,9H2,1-4H3. The fourth-order valence-electron chi connectivity index (χ4n) is 1.80. The van der Waals surface area contributed by atoms with Crippen LogP contribution in [-0.4, -0.2) is 20.7 Å².